The summed E-state index contributed by atoms with van der Waals surface area (Å²) in [5.41, 5.74) is 1.08. The lowest BCUT2D eigenvalue weighted by Gasteiger charge is -2.46. The first-order chi connectivity index (χ1) is 14.0. The molecule has 2 heterocycles. The van der Waals surface area contributed by atoms with Crippen LogP contribution in [0.15, 0.2) is 18.2 Å². The Morgan fingerprint density at radius 2 is 1.90 bits per heavy atom. The molecular weight excluding hydrogens is 448 g/mol. The molecular formula is C21H36Cl2FN3O4. The molecule has 2 aliphatic heterocycles. The minimum Gasteiger partial charge on any atom is -0.494 e. The van der Waals surface area contributed by atoms with Crippen LogP contribution in [0.25, 0.3) is 0 Å². The number of piperazine rings is 1. The highest BCUT2D eigenvalue weighted by Crippen LogP contribution is 2.27. The normalized spacial score (nSPS) is 24.2. The fourth-order valence-electron chi connectivity index (χ4n) is 4.31. The van der Waals surface area contributed by atoms with Crippen LogP contribution in [0.2, 0.25) is 0 Å². The third kappa shape index (κ3) is 6.88. The van der Waals surface area contributed by atoms with Gasteiger partial charge in [-0.25, -0.2) is 4.39 Å². The predicted octanol–water partition coefficient (Wildman–Crippen LogP) is 2.16. The summed E-state index contributed by atoms with van der Waals surface area (Å²) in [6.07, 6.45) is 0.845. The van der Waals surface area contributed by atoms with Gasteiger partial charge in [-0.2, -0.15) is 0 Å². The highest BCUT2D eigenvalue weighted by molar-refractivity contribution is 5.85. The molecule has 180 valence electrons. The van der Waals surface area contributed by atoms with E-state index >= 15 is 0 Å². The van der Waals surface area contributed by atoms with E-state index in [0.29, 0.717) is 18.4 Å². The highest BCUT2D eigenvalue weighted by Gasteiger charge is 2.44. The number of rotatable bonds is 8. The van der Waals surface area contributed by atoms with Crippen molar-refractivity contribution >= 4 is 24.8 Å². The van der Waals surface area contributed by atoms with Crippen LogP contribution in [-0.2, 0) is 20.6 Å². The number of methoxy groups -OCH3 is 3. The molecule has 7 nitrogen and oxygen atoms in total. The van der Waals surface area contributed by atoms with Crippen LogP contribution >= 0.6 is 24.8 Å². The number of hydrogen-bond acceptors (Lipinski definition) is 7. The summed E-state index contributed by atoms with van der Waals surface area (Å²) >= 11 is 0. The first-order valence-corrected chi connectivity index (χ1v) is 10.3. The number of nitrogens with one attached hydrogen (secondary N) is 1. The molecule has 0 aromatic heterocycles. The van der Waals surface area contributed by atoms with Crippen LogP contribution in [0.1, 0.15) is 12.5 Å². The van der Waals surface area contributed by atoms with E-state index in [1.807, 2.05) is 6.07 Å². The fourth-order valence-corrected chi connectivity index (χ4v) is 4.31. The van der Waals surface area contributed by atoms with Gasteiger partial charge in [0.25, 0.3) is 5.97 Å². The van der Waals surface area contributed by atoms with Gasteiger partial charge in [0.2, 0.25) is 0 Å². The minimum atomic E-state index is -0.994. The Morgan fingerprint density at radius 1 is 1.16 bits per heavy atom. The summed E-state index contributed by atoms with van der Waals surface area (Å²) in [5, 5.41) is 3.58. The Morgan fingerprint density at radius 3 is 2.58 bits per heavy atom. The molecule has 0 aliphatic carbocycles. The summed E-state index contributed by atoms with van der Waals surface area (Å²) in [5.74, 6) is -1.01. The molecule has 31 heavy (non-hydrogen) atoms. The number of hydrogen-bond donors (Lipinski definition) is 1. The summed E-state index contributed by atoms with van der Waals surface area (Å²) in [4.78, 5) is 4.84. The maximum absolute atomic E-state index is 13.6. The Labute approximate surface area is 197 Å². The van der Waals surface area contributed by atoms with Crippen molar-refractivity contribution in [3.05, 3.63) is 29.6 Å². The van der Waals surface area contributed by atoms with Crippen LogP contribution in [-0.4, -0.2) is 95.1 Å². The third-order valence-corrected chi connectivity index (χ3v) is 6.05. The Balaban J connectivity index is 0.00000240. The van der Waals surface area contributed by atoms with Crippen LogP contribution in [0.3, 0.4) is 0 Å². The molecule has 0 amide bonds. The molecule has 1 aromatic rings. The van der Waals surface area contributed by atoms with E-state index in [-0.39, 0.29) is 36.7 Å². The van der Waals surface area contributed by atoms with Crippen molar-refractivity contribution in [2.24, 2.45) is 0 Å². The summed E-state index contributed by atoms with van der Waals surface area (Å²) in [7, 11) is 4.74. The molecule has 0 bridgehead atoms. The van der Waals surface area contributed by atoms with E-state index in [2.05, 4.69) is 22.0 Å². The maximum Gasteiger partial charge on any atom is 0.298 e. The molecule has 3 rings (SSSR count). The average Bonchev–Trinajstić information content (AvgIpc) is 2.75. The van der Waals surface area contributed by atoms with Gasteiger partial charge in [-0.1, -0.05) is 6.07 Å². The van der Waals surface area contributed by atoms with Crippen LogP contribution in [0.5, 0.6) is 5.75 Å². The van der Waals surface area contributed by atoms with Gasteiger partial charge in [-0.15, -0.1) is 24.8 Å². The zero-order valence-electron chi connectivity index (χ0n) is 18.8. The molecule has 10 heteroatoms. The van der Waals surface area contributed by atoms with E-state index < -0.39 is 5.97 Å². The van der Waals surface area contributed by atoms with Crippen molar-refractivity contribution < 1.29 is 23.3 Å². The van der Waals surface area contributed by atoms with Crippen molar-refractivity contribution in [3.63, 3.8) is 0 Å². The van der Waals surface area contributed by atoms with E-state index in [1.165, 1.54) is 13.2 Å². The quantitative estimate of drug-likeness (QED) is 0.568. The summed E-state index contributed by atoms with van der Waals surface area (Å²) in [6.45, 7) is 8.34. The maximum atomic E-state index is 13.6. The first-order valence-electron chi connectivity index (χ1n) is 10.3. The largest absolute Gasteiger partial charge is 0.494 e. The average molecular weight is 484 g/mol. The molecule has 1 N–H and O–H groups in total. The molecule has 2 saturated heterocycles. The standard InChI is InChI=1S/C21H34FN3O4.2ClH/c1-16-21(27-3,28-4)29-12-11-25(16)10-9-24-8-7-23-18(15-24)13-17-5-6-19(22)20(14-17)26-2;;/h5-6,14,16,18,23H,7-13,15H2,1-4H3;2*1H. The van der Waals surface area contributed by atoms with Gasteiger partial charge >= 0.3 is 0 Å². The lowest BCUT2D eigenvalue weighted by molar-refractivity contribution is -0.400. The highest BCUT2D eigenvalue weighted by atomic mass is 35.5. The van der Waals surface area contributed by atoms with E-state index in [4.69, 9.17) is 18.9 Å². The third-order valence-electron chi connectivity index (χ3n) is 6.05. The minimum absolute atomic E-state index is 0. The number of ether oxygens (including phenoxy) is 4. The smallest absolute Gasteiger partial charge is 0.298 e. The fraction of sp³-hybridized carbons (Fsp3) is 0.714. The van der Waals surface area contributed by atoms with Gasteiger partial charge in [0, 0.05) is 59.5 Å². The van der Waals surface area contributed by atoms with Crippen molar-refractivity contribution in [1.29, 1.82) is 0 Å². The van der Waals surface area contributed by atoms with Crippen molar-refractivity contribution in [2.45, 2.75) is 31.4 Å². The van der Waals surface area contributed by atoms with Crippen LogP contribution in [0, 0.1) is 5.82 Å². The molecule has 2 unspecified atom stereocenters. The van der Waals surface area contributed by atoms with Gasteiger partial charge in [0.05, 0.1) is 19.8 Å². The van der Waals surface area contributed by atoms with Crippen LogP contribution in [0.4, 0.5) is 4.39 Å². The predicted molar refractivity (Wildman–Crippen MR) is 123 cm³/mol. The summed E-state index contributed by atoms with van der Waals surface area (Å²) < 4.78 is 35.6. The Bertz CT molecular complexity index is 670. The topological polar surface area (TPSA) is 55.4 Å². The molecule has 2 aliphatic rings. The zero-order valence-corrected chi connectivity index (χ0v) is 20.4. The second-order valence-electron chi connectivity index (χ2n) is 7.70. The van der Waals surface area contributed by atoms with Crippen molar-refractivity contribution in [1.82, 2.24) is 15.1 Å². The molecule has 0 saturated carbocycles. The number of benzene rings is 1. The van der Waals surface area contributed by atoms with E-state index in [9.17, 15) is 4.39 Å². The SMILES string of the molecule is COc1cc(CC2CN(CCN3CCOC(OC)(OC)C3C)CCN2)ccc1F.Cl.Cl. The second kappa shape index (κ2) is 13.1. The molecule has 1 aromatic carbocycles. The first kappa shape index (κ1) is 28.3. The molecule has 0 spiro atoms. The van der Waals surface area contributed by atoms with Crippen molar-refractivity contribution in [3.8, 4) is 5.75 Å². The van der Waals surface area contributed by atoms with Crippen LogP contribution < -0.4 is 10.1 Å². The Kier molecular flexibility index (Phi) is 12.0. The van der Waals surface area contributed by atoms with Gasteiger partial charge in [0.1, 0.15) is 0 Å². The number of morpholine rings is 1. The number of nitrogens with zero attached hydrogens (tertiary/aromatic N) is 2. The molecule has 0 radical (unpaired) electrons. The monoisotopic (exact) mass is 483 g/mol. The lowest BCUT2D eigenvalue weighted by atomic mass is 10.0. The second-order valence-corrected chi connectivity index (χ2v) is 7.70. The van der Waals surface area contributed by atoms with Gasteiger partial charge in [0.15, 0.2) is 11.6 Å². The van der Waals surface area contributed by atoms with E-state index in [1.54, 1.807) is 20.3 Å². The molecule has 2 atom stereocenters. The molecule has 2 fully saturated rings. The Hall–Kier alpha value is -0.710. The van der Waals surface area contributed by atoms with E-state index in [0.717, 1.165) is 51.3 Å². The van der Waals surface area contributed by atoms with Gasteiger partial charge < -0.3 is 24.3 Å². The number of halogens is 3. The zero-order chi connectivity index (χ0) is 20.9. The van der Waals surface area contributed by atoms with Gasteiger partial charge in [-0.05, 0) is 31.0 Å². The lowest BCUT2D eigenvalue weighted by Crippen LogP contribution is -2.62. The van der Waals surface area contributed by atoms with Gasteiger partial charge in [-0.3, -0.25) is 9.80 Å². The summed E-state index contributed by atoms with van der Waals surface area (Å²) in [6, 6.07) is 5.45. The van der Waals surface area contributed by atoms with Crippen molar-refractivity contribution in [2.75, 3.05) is 67.2 Å².